The van der Waals surface area contributed by atoms with Crippen LogP contribution in [0.4, 0.5) is 5.69 Å². The summed E-state index contributed by atoms with van der Waals surface area (Å²) in [7, 11) is 1.63. The number of carbonyl (C=O) groups is 1. The van der Waals surface area contributed by atoms with E-state index in [0.717, 1.165) is 31.7 Å². The molecule has 0 aromatic carbocycles. The molecule has 1 unspecified atom stereocenters. The lowest BCUT2D eigenvalue weighted by Gasteiger charge is -2.38. The van der Waals surface area contributed by atoms with Crippen LogP contribution in [0, 0.1) is 0 Å². The number of carbonyl (C=O) groups excluding carboxylic acids is 1. The molecule has 21 heavy (non-hydrogen) atoms. The summed E-state index contributed by atoms with van der Waals surface area (Å²) in [6.45, 7) is 5.30. The molecule has 116 valence electrons. The number of nitrogens with zero attached hydrogens (tertiary/aromatic N) is 2. The normalized spacial score (nSPS) is 18.6. The van der Waals surface area contributed by atoms with Gasteiger partial charge in [0.25, 0.3) is 5.91 Å². The van der Waals surface area contributed by atoms with Crippen LogP contribution in [0.3, 0.4) is 0 Å². The van der Waals surface area contributed by atoms with Crippen molar-refractivity contribution in [3.05, 3.63) is 24.0 Å². The Balaban J connectivity index is 2.11. The van der Waals surface area contributed by atoms with Gasteiger partial charge in [-0.05, 0) is 44.4 Å². The van der Waals surface area contributed by atoms with E-state index in [1.807, 2.05) is 12.1 Å². The smallest absolute Gasteiger partial charge is 0.269 e. The van der Waals surface area contributed by atoms with E-state index in [1.165, 1.54) is 19.3 Å². The number of anilines is 1. The van der Waals surface area contributed by atoms with Crippen LogP contribution < -0.4 is 15.5 Å². The van der Waals surface area contributed by atoms with Gasteiger partial charge in [0.2, 0.25) is 0 Å². The molecule has 5 heteroatoms. The standard InChI is InChI=1S/C16H26N4O/c1-3-8-18-12-14-6-4-5-10-20(14)13-7-9-19-15(11-13)16(21)17-2/h7,9,11,14,18H,3-6,8,10,12H2,1-2H3,(H,17,21). The van der Waals surface area contributed by atoms with Crippen LogP contribution >= 0.6 is 0 Å². The highest BCUT2D eigenvalue weighted by atomic mass is 16.1. The Morgan fingerprint density at radius 2 is 2.33 bits per heavy atom. The third-order valence-corrected chi connectivity index (χ3v) is 3.97. The number of rotatable bonds is 6. The lowest BCUT2D eigenvalue weighted by molar-refractivity contribution is 0.0958. The molecular formula is C16H26N4O. The van der Waals surface area contributed by atoms with Gasteiger partial charge in [-0.2, -0.15) is 0 Å². The van der Waals surface area contributed by atoms with E-state index in [4.69, 9.17) is 0 Å². The third kappa shape index (κ3) is 4.17. The molecule has 0 aliphatic carbocycles. The summed E-state index contributed by atoms with van der Waals surface area (Å²) >= 11 is 0. The van der Waals surface area contributed by atoms with E-state index in [-0.39, 0.29) is 5.91 Å². The van der Waals surface area contributed by atoms with Crippen molar-refractivity contribution in [1.82, 2.24) is 15.6 Å². The summed E-state index contributed by atoms with van der Waals surface area (Å²) in [5.41, 5.74) is 1.59. The van der Waals surface area contributed by atoms with E-state index in [2.05, 4.69) is 27.4 Å². The molecule has 0 bridgehead atoms. The monoisotopic (exact) mass is 290 g/mol. The van der Waals surface area contributed by atoms with Gasteiger partial charge in [-0.15, -0.1) is 0 Å². The van der Waals surface area contributed by atoms with Crippen molar-refractivity contribution >= 4 is 11.6 Å². The number of pyridine rings is 1. The Morgan fingerprint density at radius 3 is 3.10 bits per heavy atom. The molecule has 1 aliphatic heterocycles. The van der Waals surface area contributed by atoms with E-state index in [1.54, 1.807) is 13.2 Å². The molecule has 1 fully saturated rings. The average molecular weight is 290 g/mol. The zero-order valence-electron chi connectivity index (χ0n) is 13.1. The third-order valence-electron chi connectivity index (χ3n) is 3.97. The molecule has 0 saturated carbocycles. The average Bonchev–Trinajstić information content (AvgIpc) is 2.55. The number of amides is 1. The Hall–Kier alpha value is -1.62. The molecule has 2 rings (SSSR count). The summed E-state index contributed by atoms with van der Waals surface area (Å²) in [5.74, 6) is -0.130. The lowest BCUT2D eigenvalue weighted by atomic mass is 10.0. The molecule has 1 atom stereocenters. The second kappa shape index (κ2) is 7.98. The summed E-state index contributed by atoms with van der Waals surface area (Å²) < 4.78 is 0. The maximum atomic E-state index is 11.7. The quantitative estimate of drug-likeness (QED) is 0.784. The fourth-order valence-corrected chi connectivity index (χ4v) is 2.85. The lowest BCUT2D eigenvalue weighted by Crippen LogP contribution is -2.45. The Kier molecular flexibility index (Phi) is 5.99. The highest BCUT2D eigenvalue weighted by molar-refractivity contribution is 5.92. The second-order valence-electron chi connectivity index (χ2n) is 5.53. The topological polar surface area (TPSA) is 57.3 Å². The minimum Gasteiger partial charge on any atom is -0.367 e. The molecule has 2 N–H and O–H groups in total. The SMILES string of the molecule is CCCNCC1CCCCN1c1ccnc(C(=O)NC)c1. The first-order valence-corrected chi connectivity index (χ1v) is 7.91. The van der Waals surface area contributed by atoms with Gasteiger partial charge in [0.15, 0.2) is 0 Å². The van der Waals surface area contributed by atoms with E-state index < -0.39 is 0 Å². The zero-order chi connectivity index (χ0) is 15.1. The Morgan fingerprint density at radius 1 is 1.48 bits per heavy atom. The molecule has 0 radical (unpaired) electrons. The molecule has 5 nitrogen and oxygen atoms in total. The number of piperidine rings is 1. The summed E-state index contributed by atoms with van der Waals surface area (Å²) in [6, 6.07) is 4.41. The van der Waals surface area contributed by atoms with Crippen molar-refractivity contribution in [1.29, 1.82) is 0 Å². The fourth-order valence-electron chi connectivity index (χ4n) is 2.85. The first kappa shape index (κ1) is 15.8. The van der Waals surface area contributed by atoms with E-state index in [0.29, 0.717) is 11.7 Å². The summed E-state index contributed by atoms with van der Waals surface area (Å²) in [6.07, 6.45) is 6.58. The number of hydrogen-bond acceptors (Lipinski definition) is 4. The minimum absolute atomic E-state index is 0.130. The van der Waals surface area contributed by atoms with E-state index >= 15 is 0 Å². The number of hydrogen-bond donors (Lipinski definition) is 2. The molecule has 0 spiro atoms. The molecular weight excluding hydrogens is 264 g/mol. The van der Waals surface area contributed by atoms with Crippen molar-refractivity contribution in [2.75, 3.05) is 31.6 Å². The van der Waals surface area contributed by atoms with Gasteiger partial charge in [-0.3, -0.25) is 9.78 Å². The van der Waals surface area contributed by atoms with Gasteiger partial charge in [0.1, 0.15) is 5.69 Å². The van der Waals surface area contributed by atoms with Crippen LogP contribution in [0.1, 0.15) is 43.1 Å². The van der Waals surface area contributed by atoms with Crippen molar-refractivity contribution < 1.29 is 4.79 Å². The van der Waals surface area contributed by atoms with Crippen LogP contribution in [0.15, 0.2) is 18.3 Å². The molecule has 1 amide bonds. The van der Waals surface area contributed by atoms with Gasteiger partial charge in [-0.1, -0.05) is 6.92 Å². The van der Waals surface area contributed by atoms with Gasteiger partial charge in [-0.25, -0.2) is 0 Å². The first-order valence-electron chi connectivity index (χ1n) is 7.91. The summed E-state index contributed by atoms with van der Waals surface area (Å²) in [5, 5.41) is 6.15. The Bertz CT molecular complexity index is 463. The highest BCUT2D eigenvalue weighted by Gasteiger charge is 2.23. The molecule has 1 aromatic heterocycles. The van der Waals surface area contributed by atoms with Gasteiger partial charge in [0.05, 0.1) is 0 Å². The highest BCUT2D eigenvalue weighted by Crippen LogP contribution is 2.24. The van der Waals surface area contributed by atoms with Gasteiger partial charge < -0.3 is 15.5 Å². The first-order chi connectivity index (χ1) is 10.3. The van der Waals surface area contributed by atoms with E-state index in [9.17, 15) is 4.79 Å². The fraction of sp³-hybridized carbons (Fsp3) is 0.625. The van der Waals surface area contributed by atoms with Crippen LogP contribution in [0.2, 0.25) is 0 Å². The van der Waals surface area contributed by atoms with Crippen molar-refractivity contribution in [3.63, 3.8) is 0 Å². The van der Waals surface area contributed by atoms with Gasteiger partial charge >= 0.3 is 0 Å². The summed E-state index contributed by atoms with van der Waals surface area (Å²) in [4.78, 5) is 18.3. The largest absolute Gasteiger partial charge is 0.367 e. The predicted molar refractivity (Wildman–Crippen MR) is 85.8 cm³/mol. The maximum Gasteiger partial charge on any atom is 0.269 e. The zero-order valence-corrected chi connectivity index (χ0v) is 13.1. The minimum atomic E-state index is -0.130. The maximum absolute atomic E-state index is 11.7. The second-order valence-corrected chi connectivity index (χ2v) is 5.53. The van der Waals surface area contributed by atoms with Crippen LogP contribution in [-0.2, 0) is 0 Å². The van der Waals surface area contributed by atoms with Crippen LogP contribution in [0.5, 0.6) is 0 Å². The van der Waals surface area contributed by atoms with Crippen molar-refractivity contribution in [3.8, 4) is 0 Å². The molecule has 1 saturated heterocycles. The number of aromatic nitrogens is 1. The van der Waals surface area contributed by atoms with Crippen molar-refractivity contribution in [2.45, 2.75) is 38.6 Å². The molecule has 1 aliphatic rings. The molecule has 1 aromatic rings. The predicted octanol–water partition coefficient (Wildman–Crippen LogP) is 1.80. The molecule has 2 heterocycles. The van der Waals surface area contributed by atoms with Crippen LogP contribution in [-0.4, -0.2) is 43.6 Å². The van der Waals surface area contributed by atoms with Gasteiger partial charge in [0, 0.05) is 38.1 Å². The number of nitrogens with one attached hydrogen (secondary N) is 2. The van der Waals surface area contributed by atoms with Crippen LogP contribution in [0.25, 0.3) is 0 Å². The Labute approximate surface area is 127 Å². The van der Waals surface area contributed by atoms with Crippen molar-refractivity contribution in [2.24, 2.45) is 0 Å².